The van der Waals surface area contributed by atoms with Gasteiger partial charge in [0.2, 0.25) is 0 Å². The molecule has 0 aromatic carbocycles. The van der Waals surface area contributed by atoms with Crippen LogP contribution in [-0.2, 0) is 9.53 Å². The summed E-state index contributed by atoms with van der Waals surface area (Å²) >= 11 is 0. The molecule has 0 saturated heterocycles. The number of rotatable bonds is 0. The maximum Gasteiger partial charge on any atom is 0.163 e. The van der Waals surface area contributed by atoms with Gasteiger partial charge in [-0.05, 0) is 37.0 Å². The van der Waals surface area contributed by atoms with Crippen molar-refractivity contribution in [3.63, 3.8) is 0 Å². The molecule has 1 heterocycles. The first kappa shape index (κ1) is 10.4. The smallest absolute Gasteiger partial charge is 0.163 e. The van der Waals surface area contributed by atoms with Gasteiger partial charge in [-0.2, -0.15) is 0 Å². The molecule has 16 heavy (non-hydrogen) atoms. The fourth-order valence-electron chi connectivity index (χ4n) is 3.55. The zero-order valence-electron chi connectivity index (χ0n) is 10.2. The van der Waals surface area contributed by atoms with Gasteiger partial charge in [-0.15, -0.1) is 0 Å². The molecule has 0 spiro atoms. The molecular formula is C14H20O2. The van der Waals surface area contributed by atoms with Crippen LogP contribution in [0, 0.1) is 11.3 Å². The highest BCUT2D eigenvalue weighted by molar-refractivity contribution is 5.97. The van der Waals surface area contributed by atoms with Crippen molar-refractivity contribution < 1.29 is 9.53 Å². The van der Waals surface area contributed by atoms with E-state index < -0.39 is 0 Å². The predicted molar refractivity (Wildman–Crippen MR) is 61.9 cm³/mol. The monoisotopic (exact) mass is 220 g/mol. The zero-order valence-corrected chi connectivity index (χ0v) is 10.2. The maximum atomic E-state index is 12.2. The lowest BCUT2D eigenvalue weighted by Gasteiger charge is -2.42. The molecule has 3 rings (SSSR count). The minimum atomic E-state index is 0.0988. The summed E-state index contributed by atoms with van der Waals surface area (Å²) in [6.07, 6.45) is 6.76. The van der Waals surface area contributed by atoms with Crippen molar-refractivity contribution in [2.75, 3.05) is 0 Å². The van der Waals surface area contributed by atoms with E-state index in [1.54, 1.807) is 0 Å². The molecule has 1 saturated carbocycles. The van der Waals surface area contributed by atoms with Crippen molar-refractivity contribution in [2.45, 2.75) is 58.5 Å². The minimum Gasteiger partial charge on any atom is -0.494 e. The number of Topliss-reactive ketones (excluding diaryl/α,β-unsaturated/α-hetero) is 1. The molecular weight excluding hydrogens is 200 g/mol. The molecule has 2 atom stereocenters. The van der Waals surface area contributed by atoms with Gasteiger partial charge in [0.25, 0.3) is 0 Å². The average Bonchev–Trinajstić information content (AvgIpc) is 2.14. The molecule has 3 aliphatic rings. The van der Waals surface area contributed by atoms with E-state index in [-0.39, 0.29) is 5.41 Å². The Balaban J connectivity index is 1.98. The highest BCUT2D eigenvalue weighted by atomic mass is 16.5. The van der Waals surface area contributed by atoms with E-state index in [4.69, 9.17) is 4.74 Å². The van der Waals surface area contributed by atoms with Crippen LogP contribution in [0.2, 0.25) is 0 Å². The number of hydrogen-bond donors (Lipinski definition) is 0. The Bertz CT molecular complexity index is 365. The average molecular weight is 220 g/mol. The number of ketones is 1. The summed E-state index contributed by atoms with van der Waals surface area (Å²) in [4.78, 5) is 12.2. The summed E-state index contributed by atoms with van der Waals surface area (Å²) in [6.45, 7) is 4.34. The Kier molecular flexibility index (Phi) is 2.17. The lowest BCUT2D eigenvalue weighted by atomic mass is 9.69. The van der Waals surface area contributed by atoms with E-state index in [1.165, 1.54) is 19.3 Å². The van der Waals surface area contributed by atoms with Gasteiger partial charge in [0.05, 0.1) is 6.10 Å². The van der Waals surface area contributed by atoms with Gasteiger partial charge >= 0.3 is 0 Å². The number of fused-ring (bicyclic) bond motifs is 3. The normalized spacial score (nSPS) is 36.8. The minimum absolute atomic E-state index is 0.0988. The second-order valence-corrected chi connectivity index (χ2v) is 6.38. The SMILES string of the molecule is CC1(C)CC(=O)C2=C(C1)O[C@H]1CCC[C@@H]2C1. The largest absolute Gasteiger partial charge is 0.494 e. The van der Waals surface area contributed by atoms with Crippen LogP contribution in [0.1, 0.15) is 52.4 Å². The molecule has 1 aliphatic heterocycles. The summed E-state index contributed by atoms with van der Waals surface area (Å²) in [6, 6.07) is 0. The number of carbonyl (C=O) groups excluding carboxylic acids is 1. The number of allylic oxidation sites excluding steroid dienone is 2. The van der Waals surface area contributed by atoms with E-state index in [0.717, 1.165) is 24.2 Å². The van der Waals surface area contributed by atoms with E-state index in [0.29, 0.717) is 24.2 Å². The topological polar surface area (TPSA) is 26.3 Å². The van der Waals surface area contributed by atoms with E-state index in [9.17, 15) is 4.79 Å². The molecule has 2 aliphatic carbocycles. The highest BCUT2D eigenvalue weighted by Gasteiger charge is 2.42. The Labute approximate surface area is 97.1 Å². The molecule has 0 aromatic rings. The highest BCUT2D eigenvalue weighted by Crippen LogP contribution is 2.47. The summed E-state index contributed by atoms with van der Waals surface area (Å²) < 4.78 is 6.03. The molecule has 88 valence electrons. The van der Waals surface area contributed by atoms with E-state index >= 15 is 0 Å². The summed E-state index contributed by atoms with van der Waals surface area (Å²) in [5.74, 6) is 1.92. The standard InChI is InChI=1S/C14H20O2/c1-14(2)7-11(15)13-9-4-3-5-10(6-9)16-12(13)8-14/h9-10H,3-8H2,1-2H3/t9-,10+/m1/s1. The molecule has 2 bridgehead atoms. The molecule has 2 nitrogen and oxygen atoms in total. The van der Waals surface area contributed by atoms with Crippen LogP contribution in [0.25, 0.3) is 0 Å². The third-order valence-electron chi connectivity index (χ3n) is 4.22. The summed E-state index contributed by atoms with van der Waals surface area (Å²) in [7, 11) is 0. The van der Waals surface area contributed by atoms with Crippen LogP contribution in [-0.4, -0.2) is 11.9 Å². The van der Waals surface area contributed by atoms with Gasteiger partial charge in [-0.3, -0.25) is 4.79 Å². The lowest BCUT2D eigenvalue weighted by molar-refractivity contribution is -0.121. The Morgan fingerprint density at radius 2 is 2.06 bits per heavy atom. The first-order valence-electron chi connectivity index (χ1n) is 6.48. The number of ether oxygens (including phenoxy) is 1. The van der Waals surface area contributed by atoms with Gasteiger partial charge in [0.15, 0.2) is 5.78 Å². The van der Waals surface area contributed by atoms with Crippen LogP contribution in [0.4, 0.5) is 0 Å². The Hall–Kier alpha value is -0.790. The number of carbonyl (C=O) groups is 1. The summed E-state index contributed by atoms with van der Waals surface area (Å²) in [5, 5.41) is 0. The molecule has 2 heteroatoms. The van der Waals surface area contributed by atoms with Crippen LogP contribution in [0.5, 0.6) is 0 Å². The van der Waals surface area contributed by atoms with Gasteiger partial charge in [0, 0.05) is 18.4 Å². The second kappa shape index (κ2) is 3.35. The molecule has 0 amide bonds. The van der Waals surface area contributed by atoms with E-state index in [1.807, 2.05) is 0 Å². The van der Waals surface area contributed by atoms with Gasteiger partial charge < -0.3 is 4.74 Å². The third-order valence-corrected chi connectivity index (χ3v) is 4.22. The van der Waals surface area contributed by atoms with Crippen molar-refractivity contribution in [3.05, 3.63) is 11.3 Å². The molecule has 0 unspecified atom stereocenters. The first-order chi connectivity index (χ1) is 7.55. The molecule has 1 fully saturated rings. The number of hydrogen-bond acceptors (Lipinski definition) is 2. The quantitative estimate of drug-likeness (QED) is 0.626. The van der Waals surface area contributed by atoms with Crippen molar-refractivity contribution in [2.24, 2.45) is 11.3 Å². The first-order valence-corrected chi connectivity index (χ1v) is 6.48. The van der Waals surface area contributed by atoms with Crippen molar-refractivity contribution in [3.8, 4) is 0 Å². The van der Waals surface area contributed by atoms with Crippen LogP contribution in [0.3, 0.4) is 0 Å². The van der Waals surface area contributed by atoms with Crippen LogP contribution >= 0.6 is 0 Å². The summed E-state index contributed by atoms with van der Waals surface area (Å²) in [5.41, 5.74) is 1.16. The van der Waals surface area contributed by atoms with Gasteiger partial charge in [-0.1, -0.05) is 13.8 Å². The van der Waals surface area contributed by atoms with Crippen molar-refractivity contribution in [1.29, 1.82) is 0 Å². The molecule has 0 radical (unpaired) electrons. The Morgan fingerprint density at radius 3 is 2.88 bits per heavy atom. The van der Waals surface area contributed by atoms with Crippen LogP contribution < -0.4 is 0 Å². The molecule has 0 aromatic heterocycles. The fraction of sp³-hybridized carbons (Fsp3) is 0.786. The van der Waals surface area contributed by atoms with Crippen molar-refractivity contribution >= 4 is 5.78 Å². The fourth-order valence-corrected chi connectivity index (χ4v) is 3.55. The van der Waals surface area contributed by atoms with E-state index in [2.05, 4.69) is 13.8 Å². The predicted octanol–water partition coefficient (Wildman–Crippen LogP) is 3.22. The Morgan fingerprint density at radius 1 is 1.25 bits per heavy atom. The van der Waals surface area contributed by atoms with Gasteiger partial charge in [0.1, 0.15) is 5.76 Å². The maximum absolute atomic E-state index is 12.2. The van der Waals surface area contributed by atoms with Gasteiger partial charge in [-0.25, -0.2) is 0 Å². The van der Waals surface area contributed by atoms with Crippen LogP contribution in [0.15, 0.2) is 11.3 Å². The lowest BCUT2D eigenvalue weighted by Crippen LogP contribution is -2.38. The molecule has 0 N–H and O–H groups in total. The zero-order chi connectivity index (χ0) is 11.3. The second-order valence-electron chi connectivity index (χ2n) is 6.38. The third kappa shape index (κ3) is 1.59. The van der Waals surface area contributed by atoms with Crippen molar-refractivity contribution in [1.82, 2.24) is 0 Å².